The molecule has 0 aliphatic rings. The van der Waals surface area contributed by atoms with Crippen molar-refractivity contribution in [2.75, 3.05) is 6.61 Å². The SMILES string of the molecule is CCC(C)C(N)C(=O)NC(CC(N)=O)C(=O)NC(CC(=O)O)C(=O)NC(CO)C(=O)O. The molecule has 0 spiro atoms. The fraction of sp³-hybridized carbons (Fsp3) is 0.647. The first-order valence-electron chi connectivity index (χ1n) is 9.34. The highest BCUT2D eigenvalue weighted by Gasteiger charge is 2.32. The molecule has 0 saturated heterocycles. The predicted molar refractivity (Wildman–Crippen MR) is 104 cm³/mol. The van der Waals surface area contributed by atoms with E-state index in [9.17, 15) is 28.8 Å². The minimum Gasteiger partial charge on any atom is -0.481 e. The molecule has 0 bridgehead atoms. The summed E-state index contributed by atoms with van der Waals surface area (Å²) in [5, 5.41) is 33.0. The summed E-state index contributed by atoms with van der Waals surface area (Å²) in [5.41, 5.74) is 10.9. The summed E-state index contributed by atoms with van der Waals surface area (Å²) in [5.74, 6) is -7.41. The fourth-order valence-electron chi connectivity index (χ4n) is 2.30. The van der Waals surface area contributed by atoms with Crippen molar-refractivity contribution in [1.82, 2.24) is 16.0 Å². The number of aliphatic hydroxyl groups excluding tert-OH is 1. The van der Waals surface area contributed by atoms with E-state index in [4.69, 9.17) is 26.8 Å². The number of aliphatic hydroxyl groups is 1. The van der Waals surface area contributed by atoms with Crippen LogP contribution < -0.4 is 27.4 Å². The number of carboxylic acid groups (broad SMARTS) is 2. The summed E-state index contributed by atoms with van der Waals surface area (Å²) in [6, 6.07) is -6.08. The van der Waals surface area contributed by atoms with Gasteiger partial charge in [-0.05, 0) is 5.92 Å². The zero-order valence-electron chi connectivity index (χ0n) is 17.2. The van der Waals surface area contributed by atoms with Crippen molar-refractivity contribution in [3.63, 3.8) is 0 Å². The third-order valence-corrected chi connectivity index (χ3v) is 4.41. The second-order valence-corrected chi connectivity index (χ2v) is 6.88. The van der Waals surface area contributed by atoms with Crippen LogP contribution in [-0.2, 0) is 28.8 Å². The summed E-state index contributed by atoms with van der Waals surface area (Å²) < 4.78 is 0. The van der Waals surface area contributed by atoms with E-state index in [1.54, 1.807) is 13.8 Å². The van der Waals surface area contributed by atoms with Crippen LogP contribution in [0.15, 0.2) is 0 Å². The molecule has 0 saturated carbocycles. The van der Waals surface area contributed by atoms with Crippen LogP contribution in [0.3, 0.4) is 0 Å². The molecule has 176 valence electrons. The Morgan fingerprint density at radius 2 is 1.29 bits per heavy atom. The lowest BCUT2D eigenvalue weighted by molar-refractivity contribution is -0.144. The quantitative estimate of drug-likeness (QED) is 0.129. The zero-order chi connectivity index (χ0) is 24.3. The Bertz CT molecular complexity index is 699. The molecule has 0 aromatic carbocycles. The van der Waals surface area contributed by atoms with Crippen LogP contribution in [0.5, 0.6) is 0 Å². The van der Waals surface area contributed by atoms with Crippen LogP contribution in [0.25, 0.3) is 0 Å². The molecule has 14 heteroatoms. The lowest BCUT2D eigenvalue weighted by Gasteiger charge is -2.25. The molecule has 0 heterocycles. The second-order valence-electron chi connectivity index (χ2n) is 6.88. The minimum absolute atomic E-state index is 0.255. The molecular formula is C17H29N5O9. The molecule has 0 aliphatic carbocycles. The summed E-state index contributed by atoms with van der Waals surface area (Å²) in [6.07, 6.45) is -1.06. The number of hydrogen-bond acceptors (Lipinski definition) is 8. The van der Waals surface area contributed by atoms with Gasteiger partial charge in [-0.3, -0.25) is 24.0 Å². The van der Waals surface area contributed by atoms with Gasteiger partial charge in [0.15, 0.2) is 0 Å². The number of carbonyl (C=O) groups is 6. The Labute approximate surface area is 177 Å². The van der Waals surface area contributed by atoms with Crippen LogP contribution in [0.4, 0.5) is 0 Å². The van der Waals surface area contributed by atoms with Gasteiger partial charge in [-0.2, -0.15) is 0 Å². The molecule has 10 N–H and O–H groups in total. The van der Waals surface area contributed by atoms with E-state index in [1.165, 1.54) is 0 Å². The van der Waals surface area contributed by atoms with Gasteiger partial charge in [0.05, 0.1) is 25.5 Å². The number of hydrogen-bond donors (Lipinski definition) is 8. The van der Waals surface area contributed by atoms with Gasteiger partial charge in [-0.1, -0.05) is 20.3 Å². The topological polar surface area (TPSA) is 251 Å². The van der Waals surface area contributed by atoms with Gasteiger partial charge in [0.1, 0.15) is 18.1 Å². The standard InChI is InChI=1S/C17H29N5O9/c1-3-7(2)13(19)16(29)21-8(4-11(18)24)14(27)20-9(5-12(25)26)15(28)22-10(6-23)17(30)31/h7-10,13,23H,3-6,19H2,1-2H3,(H2,18,24)(H,20,27)(H,21,29)(H,22,28)(H,25,26)(H,30,31). The number of amides is 4. The average Bonchev–Trinajstić information content (AvgIpc) is 2.68. The number of nitrogens with one attached hydrogen (secondary N) is 3. The van der Waals surface area contributed by atoms with Crippen molar-refractivity contribution in [1.29, 1.82) is 0 Å². The number of primary amides is 1. The van der Waals surface area contributed by atoms with Gasteiger partial charge in [0, 0.05) is 0 Å². The third kappa shape index (κ3) is 9.86. The minimum atomic E-state index is -1.77. The van der Waals surface area contributed by atoms with Gasteiger partial charge in [0.2, 0.25) is 23.6 Å². The van der Waals surface area contributed by atoms with Gasteiger partial charge in [-0.15, -0.1) is 0 Å². The van der Waals surface area contributed by atoms with E-state index < -0.39 is 79.2 Å². The molecule has 5 unspecified atom stereocenters. The van der Waals surface area contributed by atoms with Crippen molar-refractivity contribution in [2.45, 2.75) is 57.3 Å². The predicted octanol–water partition coefficient (Wildman–Crippen LogP) is -3.76. The highest BCUT2D eigenvalue weighted by molar-refractivity contribution is 5.97. The molecule has 0 fully saturated rings. The molecular weight excluding hydrogens is 418 g/mol. The first kappa shape index (κ1) is 27.7. The average molecular weight is 447 g/mol. The Morgan fingerprint density at radius 1 is 0.839 bits per heavy atom. The van der Waals surface area contributed by atoms with Crippen LogP contribution in [-0.4, -0.2) is 81.7 Å². The molecule has 0 aromatic heterocycles. The van der Waals surface area contributed by atoms with Crippen molar-refractivity contribution in [2.24, 2.45) is 17.4 Å². The van der Waals surface area contributed by atoms with E-state index in [0.29, 0.717) is 6.42 Å². The maximum Gasteiger partial charge on any atom is 0.328 e. The van der Waals surface area contributed by atoms with Gasteiger partial charge in [0.25, 0.3) is 0 Å². The van der Waals surface area contributed by atoms with Gasteiger partial charge in [-0.25, -0.2) is 4.79 Å². The lowest BCUT2D eigenvalue weighted by Crippen LogP contribution is -2.58. The van der Waals surface area contributed by atoms with Gasteiger partial charge >= 0.3 is 11.9 Å². The number of aliphatic carboxylic acids is 2. The van der Waals surface area contributed by atoms with Crippen LogP contribution in [0.2, 0.25) is 0 Å². The van der Waals surface area contributed by atoms with E-state index in [1.807, 2.05) is 10.6 Å². The van der Waals surface area contributed by atoms with Crippen molar-refractivity contribution >= 4 is 35.6 Å². The summed E-state index contributed by atoms with van der Waals surface area (Å²) in [6.45, 7) is 2.50. The summed E-state index contributed by atoms with van der Waals surface area (Å²) in [4.78, 5) is 70.3. The monoisotopic (exact) mass is 447 g/mol. The molecule has 0 aromatic rings. The van der Waals surface area contributed by atoms with E-state index >= 15 is 0 Å². The molecule has 0 rings (SSSR count). The normalized spacial score (nSPS) is 15.5. The number of carboxylic acids is 2. The first-order valence-corrected chi connectivity index (χ1v) is 9.34. The van der Waals surface area contributed by atoms with Crippen molar-refractivity contribution in [3.05, 3.63) is 0 Å². The van der Waals surface area contributed by atoms with Crippen molar-refractivity contribution < 1.29 is 44.1 Å². The molecule has 0 radical (unpaired) electrons. The highest BCUT2D eigenvalue weighted by atomic mass is 16.4. The Kier molecular flexibility index (Phi) is 11.7. The number of nitrogens with two attached hydrogens (primary N) is 2. The molecule has 0 aliphatic heterocycles. The molecule has 5 atom stereocenters. The van der Waals surface area contributed by atoms with Gasteiger partial charge < -0.3 is 42.7 Å². The van der Waals surface area contributed by atoms with E-state index in [0.717, 1.165) is 0 Å². The highest BCUT2D eigenvalue weighted by Crippen LogP contribution is 2.06. The van der Waals surface area contributed by atoms with Crippen molar-refractivity contribution in [3.8, 4) is 0 Å². The Hall–Kier alpha value is -3.26. The first-order chi connectivity index (χ1) is 14.3. The molecule has 14 nitrogen and oxygen atoms in total. The van der Waals surface area contributed by atoms with E-state index in [2.05, 4.69) is 5.32 Å². The second kappa shape index (κ2) is 13.1. The zero-order valence-corrected chi connectivity index (χ0v) is 17.2. The van der Waals surface area contributed by atoms with Crippen LogP contribution in [0, 0.1) is 5.92 Å². The maximum absolute atomic E-state index is 12.5. The number of carbonyl (C=O) groups excluding carboxylic acids is 4. The Balaban J connectivity index is 5.50. The smallest absolute Gasteiger partial charge is 0.328 e. The molecule has 31 heavy (non-hydrogen) atoms. The maximum atomic E-state index is 12.5. The summed E-state index contributed by atoms with van der Waals surface area (Å²) in [7, 11) is 0. The third-order valence-electron chi connectivity index (χ3n) is 4.41. The fourth-order valence-corrected chi connectivity index (χ4v) is 2.30. The largest absolute Gasteiger partial charge is 0.481 e. The lowest BCUT2D eigenvalue weighted by atomic mass is 9.99. The molecule has 4 amide bonds. The van der Waals surface area contributed by atoms with Crippen LogP contribution in [0.1, 0.15) is 33.1 Å². The van der Waals surface area contributed by atoms with E-state index in [-0.39, 0.29) is 5.92 Å². The summed E-state index contributed by atoms with van der Waals surface area (Å²) >= 11 is 0. The number of rotatable bonds is 14. The Morgan fingerprint density at radius 3 is 1.68 bits per heavy atom. The van der Waals surface area contributed by atoms with Crippen LogP contribution >= 0.6 is 0 Å².